The molecule has 0 aromatic heterocycles. The molecular weight excluding hydrogens is 118 g/mol. The molecule has 0 aliphatic carbocycles. The van der Waals surface area contributed by atoms with E-state index in [1.165, 1.54) is 0 Å². The van der Waals surface area contributed by atoms with E-state index in [2.05, 4.69) is 0 Å². The van der Waals surface area contributed by atoms with Crippen LogP contribution in [-0.2, 0) is 4.79 Å². The number of hydrogen-bond donors (Lipinski definition) is 1. The molecule has 0 bridgehead atoms. The van der Waals surface area contributed by atoms with E-state index in [9.17, 15) is 4.79 Å². The van der Waals surface area contributed by atoms with Gasteiger partial charge in [-0.1, -0.05) is 20.3 Å². The Morgan fingerprint density at radius 1 is 1.78 bits per heavy atom. The summed E-state index contributed by atoms with van der Waals surface area (Å²) in [6, 6.07) is -0.949. The summed E-state index contributed by atoms with van der Waals surface area (Å²) in [5.41, 5.74) is 7.03. The molecule has 3 heteroatoms. The average molecular weight is 130 g/mol. The number of aliphatic carboxylic acids is 1. The summed E-state index contributed by atoms with van der Waals surface area (Å²) in [4.78, 5) is 10.1. The Hall–Kier alpha value is -0.570. The minimum Gasteiger partial charge on any atom is -0.480 e. The molecular formula is C6H12NO2. The van der Waals surface area contributed by atoms with E-state index in [4.69, 9.17) is 10.8 Å². The number of carboxylic acid groups (broad SMARTS) is 1. The summed E-state index contributed by atoms with van der Waals surface area (Å²) in [6.45, 7) is 3.65. The van der Waals surface area contributed by atoms with Crippen LogP contribution in [0.2, 0.25) is 0 Å². The van der Waals surface area contributed by atoms with Gasteiger partial charge in [0.05, 0.1) is 0 Å². The highest BCUT2D eigenvalue weighted by molar-refractivity contribution is 5.73. The van der Waals surface area contributed by atoms with Crippen LogP contribution < -0.4 is 5.73 Å². The van der Waals surface area contributed by atoms with E-state index in [1.54, 1.807) is 6.92 Å². The van der Waals surface area contributed by atoms with Gasteiger partial charge in [0.1, 0.15) is 6.04 Å². The van der Waals surface area contributed by atoms with Gasteiger partial charge in [0.15, 0.2) is 0 Å². The number of nitrogens with one attached hydrogen (secondary N) is 1. The molecule has 0 saturated carbocycles. The Kier molecular flexibility index (Phi) is 3.24. The van der Waals surface area contributed by atoms with Gasteiger partial charge in [-0.3, -0.25) is 4.79 Å². The van der Waals surface area contributed by atoms with Crippen LogP contribution in [0.4, 0.5) is 0 Å². The number of rotatable bonds is 3. The van der Waals surface area contributed by atoms with Crippen molar-refractivity contribution in [1.29, 1.82) is 0 Å². The molecule has 0 unspecified atom stereocenters. The van der Waals surface area contributed by atoms with Gasteiger partial charge in [-0.25, -0.2) is 5.73 Å². The second-order valence-electron chi connectivity index (χ2n) is 2.20. The van der Waals surface area contributed by atoms with Crippen molar-refractivity contribution in [2.24, 2.45) is 5.92 Å². The van der Waals surface area contributed by atoms with Gasteiger partial charge in [0, 0.05) is 0 Å². The van der Waals surface area contributed by atoms with Crippen LogP contribution in [0.5, 0.6) is 0 Å². The van der Waals surface area contributed by atoms with E-state index in [0.717, 1.165) is 6.42 Å². The summed E-state index contributed by atoms with van der Waals surface area (Å²) in [5, 5.41) is 8.30. The SMILES string of the molecule is CC[C@H](C)[C@H]([NH])C(=O)O. The van der Waals surface area contributed by atoms with Crippen LogP contribution in [0.1, 0.15) is 20.3 Å². The number of carboxylic acids is 1. The summed E-state index contributed by atoms with van der Waals surface area (Å²) < 4.78 is 0. The Balaban J connectivity index is 3.72. The summed E-state index contributed by atoms with van der Waals surface area (Å²) in [5.74, 6) is -1.06. The fourth-order valence-corrected chi connectivity index (χ4v) is 0.479. The van der Waals surface area contributed by atoms with Gasteiger partial charge < -0.3 is 5.11 Å². The zero-order chi connectivity index (χ0) is 7.44. The first-order valence-electron chi connectivity index (χ1n) is 3.03. The van der Waals surface area contributed by atoms with E-state index < -0.39 is 12.0 Å². The summed E-state index contributed by atoms with van der Waals surface area (Å²) in [7, 11) is 0. The molecule has 0 heterocycles. The topological polar surface area (TPSA) is 61.1 Å². The first-order valence-corrected chi connectivity index (χ1v) is 3.03. The van der Waals surface area contributed by atoms with Gasteiger partial charge in [0.25, 0.3) is 0 Å². The Morgan fingerprint density at radius 3 is 2.33 bits per heavy atom. The molecule has 53 valence electrons. The molecule has 0 aliphatic heterocycles. The van der Waals surface area contributed by atoms with Crippen LogP contribution in [0.25, 0.3) is 0 Å². The van der Waals surface area contributed by atoms with Crippen LogP contribution >= 0.6 is 0 Å². The fourth-order valence-electron chi connectivity index (χ4n) is 0.479. The number of hydrogen-bond acceptors (Lipinski definition) is 1. The van der Waals surface area contributed by atoms with Crippen molar-refractivity contribution in [3.8, 4) is 0 Å². The molecule has 0 amide bonds. The van der Waals surface area contributed by atoms with Crippen molar-refractivity contribution in [1.82, 2.24) is 5.73 Å². The molecule has 0 spiro atoms. The van der Waals surface area contributed by atoms with Gasteiger partial charge in [-0.05, 0) is 5.92 Å². The molecule has 0 fully saturated rings. The lowest BCUT2D eigenvalue weighted by atomic mass is 10.0. The highest BCUT2D eigenvalue weighted by atomic mass is 16.4. The van der Waals surface area contributed by atoms with Crippen molar-refractivity contribution < 1.29 is 9.90 Å². The molecule has 1 radical (unpaired) electrons. The standard InChI is InChI=1S/C6H12NO2/c1-3-4(2)5(7)6(8)9/h4-5,7H,3H2,1-2H3,(H,8,9)/t4-,5-/m0/s1. The average Bonchev–Trinajstić information content (AvgIpc) is 1.84. The molecule has 2 N–H and O–H groups in total. The molecule has 9 heavy (non-hydrogen) atoms. The Labute approximate surface area is 54.9 Å². The summed E-state index contributed by atoms with van der Waals surface area (Å²) in [6.07, 6.45) is 0.750. The Morgan fingerprint density at radius 2 is 2.22 bits per heavy atom. The van der Waals surface area contributed by atoms with Crippen molar-refractivity contribution in [3.05, 3.63) is 0 Å². The third-order valence-electron chi connectivity index (χ3n) is 1.48. The van der Waals surface area contributed by atoms with Crippen molar-refractivity contribution in [2.45, 2.75) is 26.3 Å². The van der Waals surface area contributed by atoms with Gasteiger partial charge in [0.2, 0.25) is 0 Å². The predicted molar refractivity (Wildman–Crippen MR) is 34.0 cm³/mol. The van der Waals surface area contributed by atoms with Crippen molar-refractivity contribution in [2.75, 3.05) is 0 Å². The normalized spacial score (nSPS) is 16.8. The molecule has 3 nitrogen and oxygen atoms in total. The highest BCUT2D eigenvalue weighted by Gasteiger charge is 2.18. The summed E-state index contributed by atoms with van der Waals surface area (Å²) >= 11 is 0. The predicted octanol–water partition coefficient (Wildman–Crippen LogP) is 0.769. The maximum absolute atomic E-state index is 10.1. The van der Waals surface area contributed by atoms with Gasteiger partial charge in [-0.15, -0.1) is 0 Å². The molecule has 0 aliphatic rings. The molecule has 0 saturated heterocycles. The number of carbonyl (C=O) groups is 1. The smallest absolute Gasteiger partial charge is 0.322 e. The monoisotopic (exact) mass is 130 g/mol. The van der Waals surface area contributed by atoms with E-state index in [1.807, 2.05) is 6.92 Å². The molecule has 0 rings (SSSR count). The van der Waals surface area contributed by atoms with Crippen molar-refractivity contribution in [3.63, 3.8) is 0 Å². The minimum atomic E-state index is -1.02. The molecule has 2 atom stereocenters. The molecule has 0 aromatic carbocycles. The first kappa shape index (κ1) is 8.43. The third kappa shape index (κ3) is 2.46. The third-order valence-corrected chi connectivity index (χ3v) is 1.48. The maximum atomic E-state index is 10.1. The van der Waals surface area contributed by atoms with E-state index >= 15 is 0 Å². The maximum Gasteiger partial charge on any atom is 0.322 e. The second kappa shape index (κ2) is 3.45. The minimum absolute atomic E-state index is 0.0394. The lowest BCUT2D eigenvalue weighted by Gasteiger charge is -2.10. The van der Waals surface area contributed by atoms with E-state index in [-0.39, 0.29) is 5.92 Å². The highest BCUT2D eigenvalue weighted by Crippen LogP contribution is 2.05. The lowest BCUT2D eigenvalue weighted by molar-refractivity contribution is -0.139. The van der Waals surface area contributed by atoms with Crippen LogP contribution in [0, 0.1) is 5.92 Å². The van der Waals surface area contributed by atoms with Crippen LogP contribution in [0.3, 0.4) is 0 Å². The van der Waals surface area contributed by atoms with Gasteiger partial charge >= 0.3 is 5.97 Å². The van der Waals surface area contributed by atoms with Crippen LogP contribution in [0.15, 0.2) is 0 Å². The van der Waals surface area contributed by atoms with Crippen molar-refractivity contribution >= 4 is 5.97 Å². The first-order chi connectivity index (χ1) is 4.09. The van der Waals surface area contributed by atoms with Crippen LogP contribution in [-0.4, -0.2) is 17.1 Å². The zero-order valence-electron chi connectivity index (χ0n) is 5.72. The fraction of sp³-hybridized carbons (Fsp3) is 0.833. The largest absolute Gasteiger partial charge is 0.480 e. The quantitative estimate of drug-likeness (QED) is 0.613. The van der Waals surface area contributed by atoms with E-state index in [0.29, 0.717) is 0 Å². The lowest BCUT2D eigenvalue weighted by Crippen LogP contribution is -2.28. The molecule has 0 aromatic rings. The second-order valence-corrected chi connectivity index (χ2v) is 2.20. The zero-order valence-corrected chi connectivity index (χ0v) is 5.72. The van der Waals surface area contributed by atoms with Gasteiger partial charge in [-0.2, -0.15) is 0 Å². The Bertz CT molecular complexity index is 103.